The maximum Gasteiger partial charge on any atom is 0.264 e. The Labute approximate surface area is 232 Å². The first-order valence-corrected chi connectivity index (χ1v) is 13.9. The highest BCUT2D eigenvalue weighted by Crippen LogP contribution is 2.22. The molecule has 4 aromatic rings. The molecule has 1 saturated heterocycles. The van der Waals surface area contributed by atoms with Crippen LogP contribution in [0, 0.1) is 0 Å². The number of thiophene rings is 1. The lowest BCUT2D eigenvalue weighted by Crippen LogP contribution is -2.43. The van der Waals surface area contributed by atoms with Crippen molar-refractivity contribution in [2.45, 2.75) is 13.0 Å². The number of carbonyl (C=O) groups is 2. The summed E-state index contributed by atoms with van der Waals surface area (Å²) in [6.45, 7) is 3.07. The minimum absolute atomic E-state index is 0.0429. The molecule has 200 valence electrons. The molecular weight excluding hydrogens is 510 g/mol. The van der Waals surface area contributed by atoms with E-state index < -0.39 is 0 Å². The lowest BCUT2D eigenvalue weighted by atomic mass is 10.1. The maximum absolute atomic E-state index is 13.4. The molecular formula is C30H31N5O3S. The molecule has 0 atom stereocenters. The lowest BCUT2D eigenvalue weighted by Gasteiger charge is -2.27. The van der Waals surface area contributed by atoms with Crippen LogP contribution in [0.25, 0.3) is 11.3 Å². The Kier molecular flexibility index (Phi) is 8.48. The fourth-order valence-corrected chi connectivity index (χ4v) is 5.32. The van der Waals surface area contributed by atoms with Gasteiger partial charge in [0.15, 0.2) is 5.82 Å². The number of rotatable bonds is 8. The molecule has 1 aliphatic heterocycles. The minimum Gasteiger partial charge on any atom is -0.497 e. The topological polar surface area (TPSA) is 78.9 Å². The molecule has 0 bridgehead atoms. The molecule has 2 amide bonds. The van der Waals surface area contributed by atoms with Gasteiger partial charge in [0, 0.05) is 38.3 Å². The first-order chi connectivity index (χ1) is 19.1. The molecule has 0 radical (unpaired) electrons. The third-order valence-electron chi connectivity index (χ3n) is 6.77. The van der Waals surface area contributed by atoms with Gasteiger partial charge in [0.25, 0.3) is 5.91 Å². The molecule has 5 rings (SSSR count). The predicted molar refractivity (Wildman–Crippen MR) is 153 cm³/mol. The summed E-state index contributed by atoms with van der Waals surface area (Å²) in [5.74, 6) is 1.43. The fraction of sp³-hybridized carbons (Fsp3) is 0.267. The van der Waals surface area contributed by atoms with Crippen LogP contribution in [-0.4, -0.2) is 71.6 Å². The number of carbonyl (C=O) groups excluding carboxylic acids is 2. The highest BCUT2D eigenvalue weighted by Gasteiger charge is 2.25. The van der Waals surface area contributed by atoms with Crippen LogP contribution in [-0.2, 0) is 11.3 Å². The van der Waals surface area contributed by atoms with E-state index in [1.807, 2.05) is 83.1 Å². The van der Waals surface area contributed by atoms with E-state index in [0.29, 0.717) is 31.1 Å². The van der Waals surface area contributed by atoms with Crippen LogP contribution < -0.4 is 9.64 Å². The van der Waals surface area contributed by atoms with Crippen LogP contribution in [0.4, 0.5) is 5.82 Å². The predicted octanol–water partition coefficient (Wildman–Crippen LogP) is 4.60. The second kappa shape index (κ2) is 12.5. The third-order valence-corrected chi connectivity index (χ3v) is 7.63. The van der Waals surface area contributed by atoms with Crippen molar-refractivity contribution >= 4 is 29.0 Å². The van der Waals surface area contributed by atoms with Gasteiger partial charge in [0.2, 0.25) is 5.91 Å². The molecule has 0 unspecified atom stereocenters. The van der Waals surface area contributed by atoms with E-state index in [9.17, 15) is 9.59 Å². The van der Waals surface area contributed by atoms with Crippen molar-refractivity contribution in [2.24, 2.45) is 0 Å². The molecule has 2 aromatic carbocycles. The number of anilines is 1. The van der Waals surface area contributed by atoms with Crippen LogP contribution >= 0.6 is 11.3 Å². The van der Waals surface area contributed by atoms with Crippen molar-refractivity contribution in [1.82, 2.24) is 20.0 Å². The molecule has 0 N–H and O–H groups in total. The number of hydrogen-bond acceptors (Lipinski definition) is 7. The second-order valence-electron chi connectivity index (χ2n) is 9.35. The average molecular weight is 542 g/mol. The van der Waals surface area contributed by atoms with Gasteiger partial charge < -0.3 is 19.4 Å². The molecule has 3 heterocycles. The summed E-state index contributed by atoms with van der Waals surface area (Å²) < 4.78 is 5.23. The van der Waals surface area contributed by atoms with Crippen LogP contribution in [0.5, 0.6) is 5.75 Å². The third kappa shape index (κ3) is 6.61. The van der Waals surface area contributed by atoms with Gasteiger partial charge in [-0.1, -0.05) is 36.4 Å². The van der Waals surface area contributed by atoms with E-state index >= 15 is 0 Å². The molecule has 0 saturated carbocycles. The lowest BCUT2D eigenvalue weighted by molar-refractivity contribution is -0.131. The molecule has 1 fully saturated rings. The summed E-state index contributed by atoms with van der Waals surface area (Å²) in [6.07, 6.45) is 0.811. The van der Waals surface area contributed by atoms with E-state index in [2.05, 4.69) is 15.1 Å². The number of aromatic nitrogens is 2. The zero-order valence-electron chi connectivity index (χ0n) is 21.9. The van der Waals surface area contributed by atoms with E-state index in [4.69, 9.17) is 4.74 Å². The molecule has 1 aliphatic rings. The Morgan fingerprint density at radius 1 is 0.897 bits per heavy atom. The molecule has 2 aromatic heterocycles. The smallest absolute Gasteiger partial charge is 0.264 e. The van der Waals surface area contributed by atoms with Gasteiger partial charge in [-0.15, -0.1) is 21.5 Å². The number of nitrogens with zero attached hydrogens (tertiary/aromatic N) is 5. The van der Waals surface area contributed by atoms with Crippen LogP contribution in [0.15, 0.2) is 84.2 Å². The van der Waals surface area contributed by atoms with Crippen molar-refractivity contribution in [3.8, 4) is 17.0 Å². The highest BCUT2D eigenvalue weighted by atomic mass is 32.1. The Hall–Kier alpha value is -4.24. The van der Waals surface area contributed by atoms with Crippen LogP contribution in [0.3, 0.4) is 0 Å². The Bertz CT molecular complexity index is 1360. The summed E-state index contributed by atoms with van der Waals surface area (Å²) in [5, 5.41) is 10.8. The van der Waals surface area contributed by atoms with E-state index in [1.54, 1.807) is 18.1 Å². The molecule has 9 heteroatoms. The summed E-state index contributed by atoms with van der Waals surface area (Å²) in [6, 6.07) is 25.1. The van der Waals surface area contributed by atoms with Crippen molar-refractivity contribution < 1.29 is 14.3 Å². The highest BCUT2D eigenvalue weighted by molar-refractivity contribution is 7.12. The van der Waals surface area contributed by atoms with E-state index in [0.717, 1.165) is 41.4 Å². The first-order valence-electron chi connectivity index (χ1n) is 13.0. The van der Waals surface area contributed by atoms with Gasteiger partial charge in [-0.05, 0) is 59.8 Å². The van der Waals surface area contributed by atoms with Crippen LogP contribution in [0.1, 0.15) is 21.7 Å². The van der Waals surface area contributed by atoms with Crippen LogP contribution in [0.2, 0.25) is 0 Å². The minimum atomic E-state index is -0.120. The summed E-state index contributed by atoms with van der Waals surface area (Å²) in [4.78, 5) is 32.9. The van der Waals surface area contributed by atoms with Gasteiger partial charge in [-0.25, -0.2) is 0 Å². The van der Waals surface area contributed by atoms with E-state index in [1.165, 1.54) is 11.3 Å². The zero-order valence-corrected chi connectivity index (χ0v) is 22.7. The van der Waals surface area contributed by atoms with Crippen molar-refractivity contribution in [2.75, 3.05) is 44.7 Å². The Balaban J connectivity index is 1.22. The molecule has 39 heavy (non-hydrogen) atoms. The average Bonchev–Trinajstić information content (AvgIpc) is 3.41. The Morgan fingerprint density at radius 2 is 1.72 bits per heavy atom. The van der Waals surface area contributed by atoms with Gasteiger partial charge in [0.05, 0.1) is 17.7 Å². The fourth-order valence-electron chi connectivity index (χ4n) is 4.63. The number of benzene rings is 2. The number of amides is 2. The second-order valence-corrected chi connectivity index (χ2v) is 10.3. The van der Waals surface area contributed by atoms with Gasteiger partial charge >= 0.3 is 0 Å². The van der Waals surface area contributed by atoms with Crippen molar-refractivity contribution in [3.63, 3.8) is 0 Å². The van der Waals surface area contributed by atoms with Gasteiger partial charge in [0.1, 0.15) is 12.3 Å². The number of methoxy groups -OCH3 is 1. The monoisotopic (exact) mass is 541 g/mol. The summed E-state index contributed by atoms with van der Waals surface area (Å²) in [5.41, 5.74) is 2.76. The molecule has 0 aliphatic carbocycles. The SMILES string of the molecule is COc1ccc(-c2ccc(N3CCCN(C(=O)CN(Cc4ccccc4)C(=O)c4cccs4)CC3)nn2)cc1. The zero-order chi connectivity index (χ0) is 27.0. The number of hydrogen-bond donors (Lipinski definition) is 0. The van der Waals surface area contributed by atoms with Crippen molar-refractivity contribution in [3.05, 3.63) is 94.7 Å². The van der Waals surface area contributed by atoms with Gasteiger partial charge in [-0.2, -0.15) is 0 Å². The maximum atomic E-state index is 13.4. The van der Waals surface area contributed by atoms with Gasteiger partial charge in [-0.3, -0.25) is 9.59 Å². The Morgan fingerprint density at radius 3 is 2.41 bits per heavy atom. The summed E-state index contributed by atoms with van der Waals surface area (Å²) in [7, 11) is 1.64. The molecule has 8 nitrogen and oxygen atoms in total. The first kappa shape index (κ1) is 26.4. The molecule has 0 spiro atoms. The quantitative estimate of drug-likeness (QED) is 0.325. The van der Waals surface area contributed by atoms with Crippen molar-refractivity contribution in [1.29, 1.82) is 0 Å². The van der Waals surface area contributed by atoms with E-state index in [-0.39, 0.29) is 18.4 Å². The largest absolute Gasteiger partial charge is 0.497 e. The normalized spacial score (nSPS) is 13.6. The number of ether oxygens (including phenoxy) is 1. The summed E-state index contributed by atoms with van der Waals surface area (Å²) >= 11 is 1.39. The standard InChI is InChI=1S/C30H31N5O3S/c1-38-25-12-10-24(11-13-25)26-14-15-28(32-31-26)33-16-6-17-34(19-18-33)29(36)22-35(21-23-7-3-2-4-8-23)30(37)27-9-5-20-39-27/h2-5,7-15,20H,6,16-19,21-22H2,1H3.